The number of aromatic nitrogens is 3. The van der Waals surface area contributed by atoms with Gasteiger partial charge in [-0.05, 0) is 26.1 Å². The molecule has 4 rings (SSSR count). The smallest absolute Gasteiger partial charge is 0.281 e. The molecule has 1 amide bonds. The monoisotopic (exact) mass is 381 g/mol. The molecule has 138 valence electrons. The van der Waals surface area contributed by atoms with Gasteiger partial charge in [-0.2, -0.15) is 5.10 Å². The molecular weight excluding hydrogens is 362 g/mol. The van der Waals surface area contributed by atoms with Crippen LogP contribution in [0.2, 0.25) is 0 Å². The summed E-state index contributed by atoms with van der Waals surface area (Å²) in [6.07, 6.45) is 0.863. The molecule has 0 spiro atoms. The molecule has 0 saturated heterocycles. The Morgan fingerprint density at radius 2 is 2.04 bits per heavy atom. The van der Waals surface area contributed by atoms with Crippen LogP contribution < -0.4 is 10.7 Å². The van der Waals surface area contributed by atoms with E-state index in [2.05, 4.69) is 27.3 Å². The van der Waals surface area contributed by atoms with Crippen LogP contribution in [0.1, 0.15) is 26.8 Å². The number of carbonyl (C=O) groups is 1. The number of nitrogens with one attached hydrogen (secondary N) is 1. The maximum Gasteiger partial charge on any atom is 0.281 e. The number of carbonyl (C=O) groups excluding carboxylic acids is 1. The summed E-state index contributed by atoms with van der Waals surface area (Å²) in [6, 6.07) is 10.8. The van der Waals surface area contributed by atoms with E-state index in [-0.39, 0.29) is 5.69 Å². The molecule has 0 saturated carbocycles. The van der Waals surface area contributed by atoms with E-state index in [9.17, 15) is 9.59 Å². The first-order chi connectivity index (χ1) is 13.0. The van der Waals surface area contributed by atoms with E-state index in [0.717, 1.165) is 35.8 Å². The fraction of sp³-hybridized carbons (Fsp3) is 0.263. The van der Waals surface area contributed by atoms with Gasteiger partial charge in [-0.25, -0.2) is 9.67 Å². The van der Waals surface area contributed by atoms with Crippen LogP contribution >= 0.6 is 11.3 Å². The highest BCUT2D eigenvalue weighted by molar-refractivity contribution is 7.15. The average Bonchev–Trinajstić information content (AvgIpc) is 3.03. The third-order valence-electron chi connectivity index (χ3n) is 4.47. The summed E-state index contributed by atoms with van der Waals surface area (Å²) in [4.78, 5) is 32.9. The minimum Gasteiger partial charge on any atom is -0.301 e. The number of hydrogen-bond donors (Lipinski definition) is 1. The Bertz CT molecular complexity index is 1060. The molecular formula is C19H19N5O2S. The number of rotatable bonds is 3. The van der Waals surface area contributed by atoms with Crippen molar-refractivity contribution in [1.29, 1.82) is 0 Å². The Hall–Kier alpha value is -2.84. The zero-order valence-electron chi connectivity index (χ0n) is 15.1. The van der Waals surface area contributed by atoms with E-state index in [1.54, 1.807) is 11.6 Å². The predicted molar refractivity (Wildman–Crippen MR) is 105 cm³/mol. The van der Waals surface area contributed by atoms with E-state index in [1.807, 2.05) is 30.3 Å². The largest absolute Gasteiger partial charge is 0.301 e. The first-order valence-corrected chi connectivity index (χ1v) is 9.48. The minimum atomic E-state index is -0.538. The first-order valence-electron chi connectivity index (χ1n) is 8.66. The summed E-state index contributed by atoms with van der Waals surface area (Å²) in [5, 5.41) is 7.54. The number of nitrogens with zero attached hydrogens (tertiary/aromatic N) is 4. The Morgan fingerprint density at radius 3 is 2.81 bits per heavy atom. The van der Waals surface area contributed by atoms with Gasteiger partial charge in [-0.1, -0.05) is 18.2 Å². The molecule has 2 aromatic heterocycles. The number of hydrogen-bond acceptors (Lipinski definition) is 6. The Labute approximate surface area is 160 Å². The van der Waals surface area contributed by atoms with Gasteiger partial charge >= 0.3 is 0 Å². The molecule has 0 unspecified atom stereocenters. The molecule has 1 aromatic carbocycles. The van der Waals surface area contributed by atoms with Crippen LogP contribution in [-0.2, 0) is 13.0 Å². The zero-order valence-corrected chi connectivity index (χ0v) is 15.9. The number of fused-ring (bicyclic) bond motifs is 1. The number of benzene rings is 1. The molecule has 1 N–H and O–H groups in total. The number of aryl methyl sites for hydroxylation is 1. The van der Waals surface area contributed by atoms with Gasteiger partial charge < -0.3 is 4.90 Å². The van der Waals surface area contributed by atoms with Gasteiger partial charge in [0.1, 0.15) is 0 Å². The van der Waals surface area contributed by atoms with Crippen LogP contribution in [0.15, 0.2) is 41.2 Å². The molecule has 1 aliphatic rings. The van der Waals surface area contributed by atoms with Crippen molar-refractivity contribution in [2.45, 2.75) is 19.9 Å². The van der Waals surface area contributed by atoms with Gasteiger partial charge in [-0.3, -0.25) is 14.9 Å². The second kappa shape index (κ2) is 7.05. The zero-order chi connectivity index (χ0) is 19.0. The van der Waals surface area contributed by atoms with Crippen LogP contribution in [-0.4, -0.2) is 39.2 Å². The van der Waals surface area contributed by atoms with E-state index >= 15 is 0 Å². The topological polar surface area (TPSA) is 80.1 Å². The lowest BCUT2D eigenvalue weighted by atomic mass is 10.2. The summed E-state index contributed by atoms with van der Waals surface area (Å²) in [6.45, 7) is 3.56. The fourth-order valence-electron chi connectivity index (χ4n) is 3.07. The first kappa shape index (κ1) is 17.6. The van der Waals surface area contributed by atoms with E-state index in [4.69, 9.17) is 0 Å². The van der Waals surface area contributed by atoms with Crippen molar-refractivity contribution in [2.24, 2.45) is 0 Å². The maximum atomic E-state index is 12.7. The molecule has 7 nitrogen and oxygen atoms in total. The molecule has 0 aliphatic carbocycles. The number of thiazole rings is 1. The second-order valence-electron chi connectivity index (χ2n) is 6.58. The minimum absolute atomic E-state index is 0.144. The van der Waals surface area contributed by atoms with Crippen LogP contribution in [0.25, 0.3) is 5.69 Å². The SMILES string of the molecule is Cc1cc(=O)c(C(=O)Nc2nc3c(s2)CN(C)CC3)nn1-c1ccccc1. The second-order valence-corrected chi connectivity index (χ2v) is 7.66. The normalized spacial score (nSPS) is 14.0. The highest BCUT2D eigenvalue weighted by Gasteiger charge is 2.21. The van der Waals surface area contributed by atoms with Crippen LogP contribution in [0.3, 0.4) is 0 Å². The molecule has 0 bridgehead atoms. The molecule has 3 heterocycles. The molecule has 1 aliphatic heterocycles. The molecule has 0 fully saturated rings. The van der Waals surface area contributed by atoms with Gasteiger partial charge in [0, 0.05) is 36.1 Å². The lowest BCUT2D eigenvalue weighted by molar-refractivity contribution is 0.101. The summed E-state index contributed by atoms with van der Waals surface area (Å²) in [7, 11) is 2.06. The number of likely N-dealkylation sites (N-methyl/N-ethyl adjacent to an activating group) is 1. The third kappa shape index (κ3) is 3.54. The summed E-state index contributed by atoms with van der Waals surface area (Å²) in [5.41, 5.74) is 1.92. The van der Waals surface area contributed by atoms with Crippen LogP contribution in [0, 0.1) is 6.92 Å². The van der Waals surface area contributed by atoms with E-state index in [0.29, 0.717) is 10.8 Å². The Kier molecular flexibility index (Phi) is 4.59. The molecule has 0 radical (unpaired) electrons. The number of amides is 1. The quantitative estimate of drug-likeness (QED) is 0.753. The molecule has 0 atom stereocenters. The van der Waals surface area contributed by atoms with Crippen molar-refractivity contribution in [1.82, 2.24) is 19.7 Å². The van der Waals surface area contributed by atoms with Gasteiger partial charge in [0.25, 0.3) is 5.91 Å². The highest BCUT2D eigenvalue weighted by atomic mass is 32.1. The van der Waals surface area contributed by atoms with E-state index in [1.165, 1.54) is 17.4 Å². The average molecular weight is 381 g/mol. The summed E-state index contributed by atoms with van der Waals surface area (Å²) < 4.78 is 1.60. The standard InChI is InChI=1S/C19H19N5O2S/c1-12-10-15(25)17(22-24(12)13-6-4-3-5-7-13)18(26)21-19-20-14-8-9-23(2)11-16(14)27-19/h3-7,10H,8-9,11H2,1-2H3,(H,20,21,26). The Balaban J connectivity index is 1.63. The third-order valence-corrected chi connectivity index (χ3v) is 5.46. The van der Waals surface area contributed by atoms with Crippen molar-refractivity contribution in [3.63, 3.8) is 0 Å². The van der Waals surface area contributed by atoms with Gasteiger partial charge in [0.15, 0.2) is 10.8 Å². The van der Waals surface area contributed by atoms with Crippen LogP contribution in [0.4, 0.5) is 5.13 Å². The summed E-state index contributed by atoms with van der Waals surface area (Å²) in [5.74, 6) is -0.538. The van der Waals surface area contributed by atoms with Crippen molar-refractivity contribution < 1.29 is 4.79 Å². The molecule has 8 heteroatoms. The molecule has 3 aromatic rings. The summed E-state index contributed by atoms with van der Waals surface area (Å²) >= 11 is 1.45. The van der Waals surface area contributed by atoms with Crippen molar-refractivity contribution in [2.75, 3.05) is 18.9 Å². The lowest BCUT2D eigenvalue weighted by Crippen LogP contribution is -2.27. The maximum absolute atomic E-state index is 12.7. The van der Waals surface area contributed by atoms with Crippen LogP contribution in [0.5, 0.6) is 0 Å². The Morgan fingerprint density at radius 1 is 1.26 bits per heavy atom. The van der Waals surface area contributed by atoms with Gasteiger partial charge in [-0.15, -0.1) is 11.3 Å². The lowest BCUT2D eigenvalue weighted by Gasteiger charge is -2.20. The molecule has 27 heavy (non-hydrogen) atoms. The predicted octanol–water partition coefficient (Wildman–Crippen LogP) is 2.24. The van der Waals surface area contributed by atoms with E-state index < -0.39 is 11.3 Å². The van der Waals surface area contributed by atoms with Gasteiger partial charge in [0.2, 0.25) is 5.43 Å². The van der Waals surface area contributed by atoms with Crippen molar-refractivity contribution >= 4 is 22.4 Å². The van der Waals surface area contributed by atoms with Crippen molar-refractivity contribution in [3.8, 4) is 5.69 Å². The number of para-hydroxylation sites is 1. The highest BCUT2D eigenvalue weighted by Crippen LogP contribution is 2.27. The van der Waals surface area contributed by atoms with Crippen molar-refractivity contribution in [3.05, 3.63) is 68.6 Å². The number of anilines is 1. The fourth-order valence-corrected chi connectivity index (χ4v) is 4.15. The van der Waals surface area contributed by atoms with Gasteiger partial charge in [0.05, 0.1) is 11.4 Å².